The first-order valence-electron chi connectivity index (χ1n) is 6.14. The summed E-state index contributed by atoms with van der Waals surface area (Å²) < 4.78 is 25.8. The molecule has 0 radical (unpaired) electrons. The van der Waals surface area contributed by atoms with Crippen LogP contribution in [-0.4, -0.2) is 34.3 Å². The minimum atomic E-state index is -3.23. The molecule has 0 aliphatic rings. The van der Waals surface area contributed by atoms with E-state index >= 15 is 0 Å². The third kappa shape index (κ3) is 3.46. The highest BCUT2D eigenvalue weighted by atomic mass is 32.2. The van der Waals surface area contributed by atoms with E-state index in [1.165, 1.54) is 4.31 Å². The second-order valence-corrected chi connectivity index (χ2v) is 6.55. The fourth-order valence-corrected chi connectivity index (χ4v) is 2.94. The summed E-state index contributed by atoms with van der Waals surface area (Å²) in [5.74, 6) is 0.115. The summed E-state index contributed by atoms with van der Waals surface area (Å²) in [6, 6.07) is 5.88. The first kappa shape index (κ1) is 15.0. The van der Waals surface area contributed by atoms with Gasteiger partial charge < -0.3 is 5.32 Å². The van der Waals surface area contributed by atoms with Crippen LogP contribution in [0.15, 0.2) is 18.2 Å². The fraction of sp³-hybridized carbons (Fsp3) is 0.538. The van der Waals surface area contributed by atoms with Crippen molar-refractivity contribution < 1.29 is 8.42 Å². The number of aryl methyl sites for hydroxylation is 2. The summed E-state index contributed by atoms with van der Waals surface area (Å²) in [6.45, 7) is 6.67. The van der Waals surface area contributed by atoms with Gasteiger partial charge in [-0.15, -0.1) is 0 Å². The number of nitrogens with zero attached hydrogens (tertiary/aromatic N) is 1. The van der Waals surface area contributed by atoms with Crippen LogP contribution in [0.2, 0.25) is 0 Å². The molecule has 0 heterocycles. The Balaban J connectivity index is 3.21. The molecule has 4 nitrogen and oxygen atoms in total. The molecule has 0 fully saturated rings. The van der Waals surface area contributed by atoms with Gasteiger partial charge in [0.15, 0.2) is 0 Å². The molecule has 0 spiro atoms. The second-order valence-electron chi connectivity index (χ2n) is 4.37. The zero-order valence-electron chi connectivity index (χ0n) is 11.5. The molecular weight excluding hydrogens is 248 g/mol. The van der Waals surface area contributed by atoms with Crippen molar-refractivity contribution >= 4 is 15.7 Å². The number of hydrogen-bond donors (Lipinski definition) is 1. The maximum atomic E-state index is 12.2. The highest BCUT2D eigenvalue weighted by Crippen LogP contribution is 2.24. The van der Waals surface area contributed by atoms with Gasteiger partial charge in [0.05, 0.1) is 11.4 Å². The van der Waals surface area contributed by atoms with Crippen molar-refractivity contribution in [2.24, 2.45) is 0 Å². The van der Waals surface area contributed by atoms with E-state index in [0.29, 0.717) is 13.1 Å². The Morgan fingerprint density at radius 1 is 1.28 bits per heavy atom. The standard InChI is InChI=1S/C13H22N2O2S/c1-5-18(16,17)15(9-8-14-4)13-10-11(2)6-7-12(13)3/h6-7,10,14H,5,8-9H2,1-4H3. The number of benzene rings is 1. The van der Waals surface area contributed by atoms with Crippen molar-refractivity contribution in [3.63, 3.8) is 0 Å². The molecule has 0 saturated carbocycles. The number of likely N-dealkylation sites (N-methyl/N-ethyl adjacent to an activating group) is 1. The van der Waals surface area contributed by atoms with E-state index in [-0.39, 0.29) is 5.75 Å². The summed E-state index contributed by atoms with van der Waals surface area (Å²) in [4.78, 5) is 0. The van der Waals surface area contributed by atoms with Crippen LogP contribution in [0.3, 0.4) is 0 Å². The van der Waals surface area contributed by atoms with Gasteiger partial charge in [0, 0.05) is 13.1 Å². The van der Waals surface area contributed by atoms with Gasteiger partial charge in [-0.1, -0.05) is 12.1 Å². The number of nitrogens with one attached hydrogen (secondary N) is 1. The van der Waals surface area contributed by atoms with Gasteiger partial charge in [-0.25, -0.2) is 8.42 Å². The third-order valence-corrected chi connectivity index (χ3v) is 4.68. The lowest BCUT2D eigenvalue weighted by molar-refractivity contribution is 0.590. The Bertz CT molecular complexity index is 498. The van der Waals surface area contributed by atoms with Crippen LogP contribution in [0.25, 0.3) is 0 Å². The predicted molar refractivity (Wildman–Crippen MR) is 76.6 cm³/mol. The quantitative estimate of drug-likeness (QED) is 0.855. The maximum Gasteiger partial charge on any atom is 0.234 e. The van der Waals surface area contributed by atoms with E-state index in [1.807, 2.05) is 39.1 Å². The van der Waals surface area contributed by atoms with Gasteiger partial charge in [-0.05, 0) is 45.0 Å². The smallest absolute Gasteiger partial charge is 0.234 e. The second kappa shape index (κ2) is 6.20. The molecule has 102 valence electrons. The molecule has 0 aliphatic heterocycles. The van der Waals surface area contributed by atoms with Crippen LogP contribution in [-0.2, 0) is 10.0 Å². The Morgan fingerprint density at radius 3 is 2.50 bits per heavy atom. The van der Waals surface area contributed by atoms with Crippen molar-refractivity contribution in [3.05, 3.63) is 29.3 Å². The lowest BCUT2D eigenvalue weighted by Crippen LogP contribution is -2.37. The third-order valence-electron chi connectivity index (χ3n) is 2.90. The molecule has 0 amide bonds. The van der Waals surface area contributed by atoms with Crippen LogP contribution >= 0.6 is 0 Å². The first-order chi connectivity index (χ1) is 8.42. The average Bonchev–Trinajstić information content (AvgIpc) is 2.33. The number of sulfonamides is 1. The van der Waals surface area contributed by atoms with Gasteiger partial charge >= 0.3 is 0 Å². The van der Waals surface area contributed by atoms with Gasteiger partial charge in [0.2, 0.25) is 10.0 Å². The minimum Gasteiger partial charge on any atom is -0.318 e. The van der Waals surface area contributed by atoms with Crippen molar-refractivity contribution in [2.75, 3.05) is 30.2 Å². The Morgan fingerprint density at radius 2 is 1.94 bits per heavy atom. The highest BCUT2D eigenvalue weighted by molar-refractivity contribution is 7.92. The summed E-state index contributed by atoms with van der Waals surface area (Å²) in [6.07, 6.45) is 0. The Kier molecular flexibility index (Phi) is 5.16. The maximum absolute atomic E-state index is 12.2. The van der Waals surface area contributed by atoms with Gasteiger partial charge in [0.1, 0.15) is 0 Å². The van der Waals surface area contributed by atoms with Crippen molar-refractivity contribution in [3.8, 4) is 0 Å². The lowest BCUT2D eigenvalue weighted by atomic mass is 10.1. The zero-order valence-corrected chi connectivity index (χ0v) is 12.3. The normalized spacial score (nSPS) is 11.6. The minimum absolute atomic E-state index is 0.115. The molecule has 0 unspecified atom stereocenters. The lowest BCUT2D eigenvalue weighted by Gasteiger charge is -2.25. The molecule has 1 aromatic rings. The van der Waals surface area contributed by atoms with Gasteiger partial charge in [0.25, 0.3) is 0 Å². The molecule has 1 N–H and O–H groups in total. The predicted octanol–water partition coefficient (Wildman–Crippen LogP) is 1.68. The average molecular weight is 270 g/mol. The molecular formula is C13H22N2O2S. The SMILES string of the molecule is CCS(=O)(=O)N(CCNC)c1cc(C)ccc1C. The van der Waals surface area contributed by atoms with Crippen LogP contribution < -0.4 is 9.62 Å². The molecule has 0 bridgehead atoms. The van der Waals surface area contributed by atoms with Crippen LogP contribution in [0.1, 0.15) is 18.1 Å². The van der Waals surface area contributed by atoms with E-state index in [9.17, 15) is 8.42 Å². The molecule has 1 aromatic carbocycles. The van der Waals surface area contributed by atoms with Crippen LogP contribution in [0.5, 0.6) is 0 Å². The van der Waals surface area contributed by atoms with E-state index in [0.717, 1.165) is 16.8 Å². The van der Waals surface area contributed by atoms with E-state index in [1.54, 1.807) is 6.92 Å². The summed E-state index contributed by atoms with van der Waals surface area (Å²) in [5, 5.41) is 2.99. The van der Waals surface area contributed by atoms with Crippen molar-refractivity contribution in [1.29, 1.82) is 0 Å². The first-order valence-corrected chi connectivity index (χ1v) is 7.75. The fourth-order valence-electron chi connectivity index (χ4n) is 1.77. The van der Waals surface area contributed by atoms with E-state index in [2.05, 4.69) is 5.32 Å². The summed E-state index contributed by atoms with van der Waals surface area (Å²) in [5.41, 5.74) is 2.83. The van der Waals surface area contributed by atoms with E-state index in [4.69, 9.17) is 0 Å². The molecule has 1 rings (SSSR count). The Labute approximate surface area is 110 Å². The number of rotatable bonds is 6. The van der Waals surface area contributed by atoms with Crippen LogP contribution in [0.4, 0.5) is 5.69 Å². The number of hydrogen-bond acceptors (Lipinski definition) is 3. The molecule has 5 heteroatoms. The topological polar surface area (TPSA) is 49.4 Å². The molecule has 18 heavy (non-hydrogen) atoms. The molecule has 0 aromatic heterocycles. The number of anilines is 1. The monoisotopic (exact) mass is 270 g/mol. The zero-order chi connectivity index (χ0) is 13.8. The van der Waals surface area contributed by atoms with Crippen molar-refractivity contribution in [2.45, 2.75) is 20.8 Å². The van der Waals surface area contributed by atoms with E-state index < -0.39 is 10.0 Å². The van der Waals surface area contributed by atoms with Crippen LogP contribution in [0, 0.1) is 13.8 Å². The molecule has 0 saturated heterocycles. The summed E-state index contributed by atoms with van der Waals surface area (Å²) >= 11 is 0. The van der Waals surface area contributed by atoms with Gasteiger partial charge in [-0.3, -0.25) is 4.31 Å². The largest absolute Gasteiger partial charge is 0.318 e. The summed E-state index contributed by atoms with van der Waals surface area (Å²) in [7, 11) is -1.41. The highest BCUT2D eigenvalue weighted by Gasteiger charge is 2.21. The Hall–Kier alpha value is -1.07. The van der Waals surface area contributed by atoms with Crippen molar-refractivity contribution in [1.82, 2.24) is 5.32 Å². The molecule has 0 atom stereocenters. The molecule has 0 aliphatic carbocycles. The van der Waals surface area contributed by atoms with Gasteiger partial charge in [-0.2, -0.15) is 0 Å².